The van der Waals surface area contributed by atoms with Gasteiger partial charge in [0, 0.05) is 48.6 Å². The Balaban J connectivity index is 1.31. The van der Waals surface area contributed by atoms with Crippen molar-refractivity contribution in [2.45, 2.75) is 74.3 Å². The molecule has 1 saturated heterocycles. The molecule has 1 aromatic heterocycles. The molecule has 44 heavy (non-hydrogen) atoms. The van der Waals surface area contributed by atoms with Crippen LogP contribution in [0.2, 0.25) is 0 Å². The van der Waals surface area contributed by atoms with Gasteiger partial charge in [-0.1, -0.05) is 12.0 Å². The molecule has 0 radical (unpaired) electrons. The summed E-state index contributed by atoms with van der Waals surface area (Å²) >= 11 is 0. The number of rotatable bonds is 8. The lowest BCUT2D eigenvalue weighted by Gasteiger charge is -2.40. The molecule has 2 fully saturated rings. The summed E-state index contributed by atoms with van der Waals surface area (Å²) in [5, 5.41) is 17.2. The lowest BCUT2D eigenvalue weighted by atomic mass is 9.88. The van der Waals surface area contributed by atoms with Crippen LogP contribution < -0.4 is 15.4 Å². The van der Waals surface area contributed by atoms with Crippen LogP contribution in [0.15, 0.2) is 47.4 Å². The van der Waals surface area contributed by atoms with Crippen molar-refractivity contribution in [2.24, 2.45) is 0 Å². The normalized spacial score (nSPS) is 20.2. The Bertz CT molecular complexity index is 1630. The molecule has 2 aromatic carbocycles. The summed E-state index contributed by atoms with van der Waals surface area (Å²) < 4.78 is 71.2. The number of hydrogen-bond acceptors (Lipinski definition) is 7. The van der Waals surface area contributed by atoms with E-state index < -0.39 is 22.6 Å². The third-order valence-corrected chi connectivity index (χ3v) is 9.65. The van der Waals surface area contributed by atoms with Crippen LogP contribution in [0.4, 0.5) is 24.5 Å². The van der Waals surface area contributed by atoms with Gasteiger partial charge in [0.2, 0.25) is 0 Å². The van der Waals surface area contributed by atoms with Crippen molar-refractivity contribution in [2.75, 3.05) is 43.6 Å². The Hall–Kier alpha value is -3.40. The van der Waals surface area contributed by atoms with E-state index in [4.69, 9.17) is 4.74 Å². The van der Waals surface area contributed by atoms with Crippen molar-refractivity contribution in [3.05, 3.63) is 48.2 Å². The molecule has 5 rings (SSSR count). The smallest absolute Gasteiger partial charge is 0.406 e. The molecule has 2 heterocycles. The molecule has 3 aromatic rings. The summed E-state index contributed by atoms with van der Waals surface area (Å²) in [6, 6.07) is 12.2. The lowest BCUT2D eigenvalue weighted by molar-refractivity contribution is -0.140. The van der Waals surface area contributed by atoms with Gasteiger partial charge in [0.25, 0.3) is 0 Å². The maximum absolute atomic E-state index is 13.6. The Morgan fingerprint density at radius 3 is 2.41 bits per heavy atom. The van der Waals surface area contributed by atoms with Crippen LogP contribution in [0.5, 0.6) is 5.75 Å². The van der Waals surface area contributed by atoms with E-state index in [1.54, 1.807) is 24.3 Å². The predicted octanol–water partition coefficient (Wildman–Crippen LogP) is 5.26. The zero-order valence-corrected chi connectivity index (χ0v) is 25.8. The topological polar surface area (TPSA) is 95.8 Å². The Morgan fingerprint density at radius 1 is 1.02 bits per heavy atom. The number of sulfone groups is 1. The first kappa shape index (κ1) is 32.0. The second-order valence-corrected chi connectivity index (χ2v) is 13.7. The maximum atomic E-state index is 13.6. The van der Waals surface area contributed by atoms with E-state index in [2.05, 4.69) is 27.4 Å². The number of aromatic nitrogens is 1. The first-order valence-electron chi connectivity index (χ1n) is 14.9. The number of piperidine rings is 1. The second kappa shape index (κ2) is 13.3. The van der Waals surface area contributed by atoms with Gasteiger partial charge in [0.05, 0.1) is 41.6 Å². The molecule has 3 N–H and O–H groups in total. The largest absolute Gasteiger partial charge is 0.495 e. The number of aliphatic hydroxyl groups excluding tert-OH is 1. The fourth-order valence-corrected chi connectivity index (χ4v) is 6.88. The van der Waals surface area contributed by atoms with Gasteiger partial charge in [-0.2, -0.15) is 13.2 Å². The van der Waals surface area contributed by atoms with Crippen molar-refractivity contribution >= 4 is 32.1 Å². The highest BCUT2D eigenvalue weighted by Gasteiger charge is 2.31. The van der Waals surface area contributed by atoms with Gasteiger partial charge >= 0.3 is 6.18 Å². The molecule has 0 atom stereocenters. The molecule has 0 unspecified atom stereocenters. The second-order valence-electron chi connectivity index (χ2n) is 11.7. The average Bonchev–Trinajstić information content (AvgIpc) is 3.32. The van der Waals surface area contributed by atoms with Crippen LogP contribution in [0.25, 0.3) is 10.9 Å². The van der Waals surface area contributed by atoms with E-state index in [0.29, 0.717) is 28.4 Å². The molecule has 2 aliphatic rings. The van der Waals surface area contributed by atoms with E-state index in [9.17, 15) is 26.7 Å². The molecule has 0 spiro atoms. The van der Waals surface area contributed by atoms with Crippen LogP contribution in [0.1, 0.15) is 44.2 Å². The fraction of sp³-hybridized carbons (Fsp3) is 0.500. The lowest BCUT2D eigenvalue weighted by Crippen LogP contribution is -2.45. The number of aliphatic hydroxyl groups is 1. The molecule has 238 valence electrons. The SMILES string of the molecule is COc1cc(S(C)(=O)=O)ccc1NCC#Cc1cc2c(NC3CCC(N4CCC(O)CC4)CC3)cccc2n1CC(F)(F)F. The third-order valence-electron chi connectivity index (χ3n) is 8.54. The quantitative estimate of drug-likeness (QED) is 0.292. The molecule has 0 amide bonds. The number of alkyl halides is 3. The zero-order valence-electron chi connectivity index (χ0n) is 25.0. The maximum Gasteiger partial charge on any atom is 0.406 e. The summed E-state index contributed by atoms with van der Waals surface area (Å²) in [5.41, 5.74) is 2.03. The summed E-state index contributed by atoms with van der Waals surface area (Å²) in [6.45, 7) is 0.802. The van der Waals surface area contributed by atoms with E-state index in [0.717, 1.165) is 63.6 Å². The Morgan fingerprint density at radius 2 is 1.75 bits per heavy atom. The van der Waals surface area contributed by atoms with Crippen molar-refractivity contribution in [3.8, 4) is 17.6 Å². The number of nitrogens with one attached hydrogen (secondary N) is 2. The highest BCUT2D eigenvalue weighted by Crippen LogP contribution is 2.33. The first-order chi connectivity index (χ1) is 20.9. The highest BCUT2D eigenvalue weighted by molar-refractivity contribution is 7.90. The number of nitrogens with zero attached hydrogens (tertiary/aromatic N) is 2. The molecule has 1 aliphatic heterocycles. The van der Waals surface area contributed by atoms with E-state index in [1.165, 1.54) is 23.8 Å². The molecule has 1 saturated carbocycles. The number of ether oxygens (including phenoxy) is 1. The summed E-state index contributed by atoms with van der Waals surface area (Å²) in [7, 11) is -1.99. The molecule has 12 heteroatoms. The third kappa shape index (κ3) is 7.81. The Kier molecular flexibility index (Phi) is 9.68. The molecule has 1 aliphatic carbocycles. The Labute approximate surface area is 256 Å². The van der Waals surface area contributed by atoms with Crippen molar-refractivity contribution in [3.63, 3.8) is 0 Å². The van der Waals surface area contributed by atoms with E-state index >= 15 is 0 Å². The van der Waals surface area contributed by atoms with Crippen LogP contribution in [-0.4, -0.2) is 80.4 Å². The summed E-state index contributed by atoms with van der Waals surface area (Å²) in [4.78, 5) is 2.60. The summed E-state index contributed by atoms with van der Waals surface area (Å²) in [5.74, 6) is 6.14. The van der Waals surface area contributed by atoms with Crippen molar-refractivity contribution in [1.29, 1.82) is 0 Å². The van der Waals surface area contributed by atoms with Gasteiger partial charge in [0.15, 0.2) is 9.84 Å². The van der Waals surface area contributed by atoms with Gasteiger partial charge in [0.1, 0.15) is 12.3 Å². The number of hydrogen-bond donors (Lipinski definition) is 3. The number of halogens is 3. The zero-order chi connectivity index (χ0) is 31.5. The number of benzene rings is 2. The number of anilines is 2. The minimum atomic E-state index is -4.43. The number of methoxy groups -OCH3 is 1. The fourth-order valence-electron chi connectivity index (χ4n) is 6.24. The first-order valence-corrected chi connectivity index (χ1v) is 16.8. The molecular weight excluding hydrogens is 593 g/mol. The van der Waals surface area contributed by atoms with Crippen LogP contribution in [0.3, 0.4) is 0 Å². The highest BCUT2D eigenvalue weighted by atomic mass is 32.2. The number of likely N-dealkylation sites (tertiary alicyclic amines) is 1. The molecule has 8 nitrogen and oxygen atoms in total. The van der Waals surface area contributed by atoms with Crippen LogP contribution in [0, 0.1) is 11.8 Å². The minimum Gasteiger partial charge on any atom is -0.495 e. The standard InChI is InChI=1S/C32H39F3N4O4S/c1-43-31-20-26(44(2,41)42)12-13-29(31)36-16-4-5-24-19-27-28(6-3-7-30(27)39(24)21-32(33,34)35)37-22-8-10-23(11-9-22)38-17-14-25(40)15-18-38/h3,6-7,12-13,19-20,22-23,25,36-37,40H,8-11,14-18,21H2,1-2H3. The number of fused-ring (bicyclic) bond motifs is 1. The molecule has 0 bridgehead atoms. The molecular formula is C32H39F3N4O4S. The van der Waals surface area contributed by atoms with Crippen molar-refractivity contribution < 1.29 is 31.4 Å². The van der Waals surface area contributed by atoms with Crippen LogP contribution >= 0.6 is 0 Å². The van der Waals surface area contributed by atoms with E-state index in [-0.39, 0.29) is 29.3 Å². The minimum absolute atomic E-state index is 0.104. The monoisotopic (exact) mass is 632 g/mol. The summed E-state index contributed by atoms with van der Waals surface area (Å²) in [6.07, 6.45) is 2.16. The van der Waals surface area contributed by atoms with E-state index in [1.807, 2.05) is 6.07 Å². The van der Waals surface area contributed by atoms with Gasteiger partial charge < -0.3 is 29.9 Å². The van der Waals surface area contributed by atoms with Gasteiger partial charge in [-0.3, -0.25) is 0 Å². The van der Waals surface area contributed by atoms with Gasteiger partial charge in [-0.25, -0.2) is 8.42 Å². The van der Waals surface area contributed by atoms with Gasteiger partial charge in [-0.15, -0.1) is 0 Å². The van der Waals surface area contributed by atoms with Crippen molar-refractivity contribution in [1.82, 2.24) is 9.47 Å². The average molecular weight is 633 g/mol. The van der Waals surface area contributed by atoms with Crippen LogP contribution in [-0.2, 0) is 16.4 Å². The predicted molar refractivity (Wildman–Crippen MR) is 166 cm³/mol. The van der Waals surface area contributed by atoms with Gasteiger partial charge in [-0.05, 0) is 74.8 Å².